The van der Waals surface area contributed by atoms with Crippen LogP contribution in [0.15, 0.2) is 24.3 Å². The number of likely N-dealkylation sites (N-methyl/N-ethyl adjacent to an activating group) is 1. The molecule has 2 heterocycles. The third kappa shape index (κ3) is 3.59. The van der Waals surface area contributed by atoms with E-state index in [9.17, 15) is 4.79 Å². The molecule has 1 aromatic carbocycles. The molecule has 1 amide bonds. The number of anilines is 2. The lowest BCUT2D eigenvalue weighted by atomic mass is 10.2. The van der Waals surface area contributed by atoms with Crippen molar-refractivity contribution < 1.29 is 4.79 Å². The first-order valence-corrected chi connectivity index (χ1v) is 7.26. The molecule has 1 saturated heterocycles. The highest BCUT2D eigenvalue weighted by Crippen LogP contribution is 2.19. The molecule has 1 aliphatic heterocycles. The van der Waals surface area contributed by atoms with Crippen LogP contribution in [0.2, 0.25) is 0 Å². The van der Waals surface area contributed by atoms with Crippen molar-refractivity contribution in [3.8, 4) is 0 Å². The van der Waals surface area contributed by atoms with Gasteiger partial charge in [-0.25, -0.2) is 0 Å². The molecule has 0 bridgehead atoms. The zero-order valence-corrected chi connectivity index (χ0v) is 12.5. The topological polar surface area (TPSA) is 90.0 Å². The van der Waals surface area contributed by atoms with Crippen molar-refractivity contribution in [3.05, 3.63) is 30.1 Å². The molecule has 2 N–H and O–H groups in total. The van der Waals surface area contributed by atoms with Crippen LogP contribution in [0, 0.1) is 0 Å². The molecule has 0 aliphatic carbocycles. The number of hydrogen-bond acceptors (Lipinski definition) is 6. The van der Waals surface area contributed by atoms with Crippen molar-refractivity contribution in [1.82, 2.24) is 25.5 Å². The quantitative estimate of drug-likeness (QED) is 0.834. The average Bonchev–Trinajstić information content (AvgIpc) is 3.02. The van der Waals surface area contributed by atoms with Crippen LogP contribution in [0.4, 0.5) is 11.4 Å². The minimum absolute atomic E-state index is 0.108. The maximum atomic E-state index is 11.9. The molecule has 0 spiro atoms. The summed E-state index contributed by atoms with van der Waals surface area (Å²) in [7, 11) is 2.14. The van der Waals surface area contributed by atoms with Gasteiger partial charge in [-0.05, 0) is 31.3 Å². The van der Waals surface area contributed by atoms with Gasteiger partial charge >= 0.3 is 0 Å². The number of nitrogens with zero attached hydrogens (tertiary/aromatic N) is 5. The van der Waals surface area contributed by atoms with Crippen LogP contribution >= 0.6 is 0 Å². The van der Waals surface area contributed by atoms with Gasteiger partial charge in [-0.3, -0.25) is 4.79 Å². The molecular weight excluding hydrogens is 282 g/mol. The molecule has 0 radical (unpaired) electrons. The maximum Gasteiger partial charge on any atom is 0.232 e. The Kier molecular flexibility index (Phi) is 4.29. The first-order chi connectivity index (χ1) is 10.7. The number of hydrogen-bond donors (Lipinski definition) is 2. The second kappa shape index (κ2) is 6.52. The van der Waals surface area contributed by atoms with E-state index < -0.39 is 0 Å². The third-order valence-electron chi connectivity index (χ3n) is 3.73. The van der Waals surface area contributed by atoms with Gasteiger partial charge in [0, 0.05) is 37.6 Å². The minimum Gasteiger partial charge on any atom is -0.369 e. The molecule has 1 fully saturated rings. The van der Waals surface area contributed by atoms with E-state index in [-0.39, 0.29) is 12.3 Å². The lowest BCUT2D eigenvalue weighted by Gasteiger charge is -2.34. The van der Waals surface area contributed by atoms with Crippen molar-refractivity contribution in [2.45, 2.75) is 6.42 Å². The molecule has 2 aromatic rings. The predicted molar refractivity (Wildman–Crippen MR) is 82.7 cm³/mol. The van der Waals surface area contributed by atoms with Crippen molar-refractivity contribution in [2.75, 3.05) is 43.4 Å². The Morgan fingerprint density at radius 2 is 1.95 bits per heavy atom. The van der Waals surface area contributed by atoms with Crippen LogP contribution in [0.1, 0.15) is 5.82 Å². The van der Waals surface area contributed by atoms with Gasteiger partial charge in [0.25, 0.3) is 0 Å². The van der Waals surface area contributed by atoms with Gasteiger partial charge < -0.3 is 15.1 Å². The fraction of sp³-hybridized carbons (Fsp3) is 0.429. The first kappa shape index (κ1) is 14.5. The predicted octanol–water partition coefficient (Wildman–Crippen LogP) is 0.133. The molecule has 8 nitrogen and oxygen atoms in total. The first-order valence-electron chi connectivity index (χ1n) is 7.26. The summed E-state index contributed by atoms with van der Waals surface area (Å²) < 4.78 is 0. The fourth-order valence-corrected chi connectivity index (χ4v) is 2.43. The number of nitrogens with one attached hydrogen (secondary N) is 2. The number of piperazine rings is 1. The van der Waals surface area contributed by atoms with Gasteiger partial charge in [-0.15, -0.1) is 10.2 Å². The van der Waals surface area contributed by atoms with E-state index >= 15 is 0 Å². The van der Waals surface area contributed by atoms with Crippen molar-refractivity contribution in [2.24, 2.45) is 0 Å². The lowest BCUT2D eigenvalue weighted by Crippen LogP contribution is -2.44. The number of rotatable bonds is 4. The Morgan fingerprint density at radius 1 is 1.23 bits per heavy atom. The average molecular weight is 301 g/mol. The van der Waals surface area contributed by atoms with E-state index in [2.05, 4.69) is 42.8 Å². The number of tetrazole rings is 1. The van der Waals surface area contributed by atoms with Crippen LogP contribution in [-0.4, -0.2) is 64.7 Å². The molecule has 0 saturated carbocycles. The van der Waals surface area contributed by atoms with Gasteiger partial charge in [-0.1, -0.05) is 5.21 Å². The molecular formula is C14H19N7O. The summed E-state index contributed by atoms with van der Waals surface area (Å²) >= 11 is 0. The largest absolute Gasteiger partial charge is 0.369 e. The second-order valence-corrected chi connectivity index (χ2v) is 5.39. The van der Waals surface area contributed by atoms with Gasteiger partial charge in [0.15, 0.2) is 5.82 Å². The summed E-state index contributed by atoms with van der Waals surface area (Å²) in [5.41, 5.74) is 1.95. The Labute approximate surface area is 128 Å². The molecule has 8 heteroatoms. The third-order valence-corrected chi connectivity index (χ3v) is 3.73. The minimum atomic E-state index is -0.159. The van der Waals surface area contributed by atoms with Crippen molar-refractivity contribution in [3.63, 3.8) is 0 Å². The van der Waals surface area contributed by atoms with Crippen LogP contribution in [0.3, 0.4) is 0 Å². The summed E-state index contributed by atoms with van der Waals surface area (Å²) in [6.07, 6.45) is 0.108. The van der Waals surface area contributed by atoms with Crippen molar-refractivity contribution in [1.29, 1.82) is 0 Å². The monoisotopic (exact) mass is 301 g/mol. The molecule has 3 rings (SSSR count). The number of H-pyrrole nitrogens is 1. The molecule has 0 unspecified atom stereocenters. The number of amides is 1. The normalized spacial score (nSPS) is 15.8. The highest BCUT2D eigenvalue weighted by Gasteiger charge is 2.14. The summed E-state index contributed by atoms with van der Waals surface area (Å²) in [6.45, 7) is 4.20. The van der Waals surface area contributed by atoms with Crippen LogP contribution < -0.4 is 10.2 Å². The highest BCUT2D eigenvalue weighted by atomic mass is 16.1. The summed E-state index contributed by atoms with van der Waals surface area (Å²) in [5.74, 6) is 0.223. The van der Waals surface area contributed by atoms with E-state index in [0.29, 0.717) is 5.82 Å². The van der Waals surface area contributed by atoms with Crippen LogP contribution in [0.5, 0.6) is 0 Å². The number of carbonyl (C=O) groups excluding carboxylic acids is 1. The Morgan fingerprint density at radius 3 is 2.59 bits per heavy atom. The van der Waals surface area contributed by atoms with E-state index in [1.807, 2.05) is 24.3 Å². The number of benzene rings is 1. The standard InChI is InChI=1S/C14H19N7O/c1-20-6-8-21(9-7-20)12-4-2-11(3-5-12)15-14(22)10-13-16-18-19-17-13/h2-5H,6-10H2,1H3,(H,15,22)(H,16,17,18,19). The molecule has 1 aromatic heterocycles. The van der Waals surface area contributed by atoms with E-state index in [1.54, 1.807) is 0 Å². The maximum absolute atomic E-state index is 11.9. The molecule has 0 atom stereocenters. The van der Waals surface area contributed by atoms with Crippen LogP contribution in [-0.2, 0) is 11.2 Å². The number of aromatic amines is 1. The Bertz CT molecular complexity index is 603. The van der Waals surface area contributed by atoms with Crippen LogP contribution in [0.25, 0.3) is 0 Å². The van der Waals surface area contributed by atoms with Gasteiger partial charge in [-0.2, -0.15) is 5.21 Å². The number of aromatic nitrogens is 4. The smallest absolute Gasteiger partial charge is 0.232 e. The number of carbonyl (C=O) groups is 1. The SMILES string of the molecule is CN1CCN(c2ccc(NC(=O)Cc3nn[nH]n3)cc2)CC1. The molecule has 1 aliphatic rings. The fourth-order valence-electron chi connectivity index (χ4n) is 2.43. The lowest BCUT2D eigenvalue weighted by molar-refractivity contribution is -0.115. The highest BCUT2D eigenvalue weighted by molar-refractivity contribution is 5.91. The summed E-state index contributed by atoms with van der Waals surface area (Å²) in [6, 6.07) is 7.91. The van der Waals surface area contributed by atoms with E-state index in [0.717, 1.165) is 31.9 Å². The summed E-state index contributed by atoms with van der Waals surface area (Å²) in [4.78, 5) is 16.5. The van der Waals surface area contributed by atoms with Gasteiger partial charge in [0.2, 0.25) is 5.91 Å². The second-order valence-electron chi connectivity index (χ2n) is 5.39. The Balaban J connectivity index is 1.56. The zero-order chi connectivity index (χ0) is 15.4. The van der Waals surface area contributed by atoms with Gasteiger partial charge in [0.05, 0.1) is 6.42 Å². The summed E-state index contributed by atoms with van der Waals surface area (Å²) in [5, 5.41) is 16.1. The van der Waals surface area contributed by atoms with Crippen molar-refractivity contribution >= 4 is 17.3 Å². The van der Waals surface area contributed by atoms with Gasteiger partial charge in [0.1, 0.15) is 0 Å². The molecule has 116 valence electrons. The molecule has 22 heavy (non-hydrogen) atoms. The Hall–Kier alpha value is -2.48. The van der Waals surface area contributed by atoms with E-state index in [1.165, 1.54) is 5.69 Å². The zero-order valence-electron chi connectivity index (χ0n) is 12.5. The van der Waals surface area contributed by atoms with E-state index in [4.69, 9.17) is 0 Å².